The molecular formula is C15H19N3O2. The number of aryl methyl sites for hydroxylation is 3. The van der Waals surface area contributed by atoms with Gasteiger partial charge in [-0.25, -0.2) is 0 Å². The van der Waals surface area contributed by atoms with E-state index in [4.69, 9.17) is 4.52 Å². The second kappa shape index (κ2) is 5.77. The maximum Gasteiger partial charge on any atom is 0.247 e. The third-order valence-corrected chi connectivity index (χ3v) is 3.04. The first kappa shape index (κ1) is 14.1. The van der Waals surface area contributed by atoms with Crippen LogP contribution in [-0.4, -0.2) is 17.1 Å². The van der Waals surface area contributed by atoms with Crippen LogP contribution < -0.4 is 10.6 Å². The summed E-state index contributed by atoms with van der Waals surface area (Å²) in [7, 11) is 0. The normalized spacial score (nSPS) is 12.0. The van der Waals surface area contributed by atoms with Crippen molar-refractivity contribution >= 4 is 17.4 Å². The van der Waals surface area contributed by atoms with Crippen LogP contribution in [0.1, 0.15) is 23.8 Å². The summed E-state index contributed by atoms with van der Waals surface area (Å²) >= 11 is 0. The van der Waals surface area contributed by atoms with E-state index in [9.17, 15) is 4.79 Å². The fourth-order valence-corrected chi connectivity index (χ4v) is 1.85. The predicted octanol–water partition coefficient (Wildman–Crippen LogP) is 3.04. The standard InChI is InChI=1S/C15H19N3O2/c1-9-5-6-10(2)13(7-9)16-12(4)15(19)17-14-8-11(3)20-18-14/h5-8,12,16H,1-4H3,(H,17,18,19)/t12-/m1/s1. The van der Waals surface area contributed by atoms with Crippen LogP contribution in [0.2, 0.25) is 0 Å². The average Bonchev–Trinajstić information content (AvgIpc) is 2.79. The average molecular weight is 273 g/mol. The third-order valence-electron chi connectivity index (χ3n) is 3.04. The van der Waals surface area contributed by atoms with Gasteiger partial charge in [0.2, 0.25) is 5.91 Å². The molecule has 1 aromatic heterocycles. The van der Waals surface area contributed by atoms with Crippen molar-refractivity contribution in [2.75, 3.05) is 10.6 Å². The number of anilines is 2. The van der Waals surface area contributed by atoms with E-state index in [1.165, 1.54) is 0 Å². The first-order chi connectivity index (χ1) is 9.45. The molecule has 1 heterocycles. The molecule has 1 amide bonds. The Hall–Kier alpha value is -2.30. The number of amides is 1. The van der Waals surface area contributed by atoms with E-state index < -0.39 is 0 Å². The van der Waals surface area contributed by atoms with Crippen LogP contribution >= 0.6 is 0 Å². The van der Waals surface area contributed by atoms with Gasteiger partial charge in [-0.3, -0.25) is 4.79 Å². The molecule has 2 rings (SSSR count). The summed E-state index contributed by atoms with van der Waals surface area (Å²) in [4.78, 5) is 12.1. The van der Waals surface area contributed by atoms with Gasteiger partial charge < -0.3 is 15.2 Å². The van der Waals surface area contributed by atoms with Crippen molar-refractivity contribution in [3.63, 3.8) is 0 Å². The van der Waals surface area contributed by atoms with Gasteiger partial charge in [-0.15, -0.1) is 0 Å². The van der Waals surface area contributed by atoms with E-state index in [2.05, 4.69) is 15.8 Å². The lowest BCUT2D eigenvalue weighted by atomic mass is 10.1. The molecule has 0 aliphatic rings. The second-order valence-electron chi connectivity index (χ2n) is 5.00. The van der Waals surface area contributed by atoms with Gasteiger partial charge in [-0.1, -0.05) is 17.3 Å². The largest absolute Gasteiger partial charge is 0.374 e. The van der Waals surface area contributed by atoms with Crippen molar-refractivity contribution in [2.24, 2.45) is 0 Å². The molecule has 0 radical (unpaired) electrons. The third kappa shape index (κ3) is 3.38. The van der Waals surface area contributed by atoms with Crippen molar-refractivity contribution < 1.29 is 9.32 Å². The summed E-state index contributed by atoms with van der Waals surface area (Å²) in [6, 6.07) is 7.42. The lowest BCUT2D eigenvalue weighted by molar-refractivity contribution is -0.116. The minimum Gasteiger partial charge on any atom is -0.374 e. The molecule has 1 atom stereocenters. The van der Waals surface area contributed by atoms with Gasteiger partial charge in [0.1, 0.15) is 11.8 Å². The smallest absolute Gasteiger partial charge is 0.247 e. The van der Waals surface area contributed by atoms with Gasteiger partial charge >= 0.3 is 0 Å². The highest BCUT2D eigenvalue weighted by Crippen LogP contribution is 2.17. The Kier molecular flexibility index (Phi) is 4.08. The Bertz CT molecular complexity index is 619. The molecule has 5 heteroatoms. The zero-order chi connectivity index (χ0) is 14.7. The molecule has 0 saturated carbocycles. The van der Waals surface area contributed by atoms with E-state index in [-0.39, 0.29) is 11.9 Å². The number of benzene rings is 1. The molecule has 5 nitrogen and oxygen atoms in total. The van der Waals surface area contributed by atoms with Crippen LogP contribution in [0.25, 0.3) is 0 Å². The topological polar surface area (TPSA) is 67.2 Å². The number of aromatic nitrogens is 1. The lowest BCUT2D eigenvalue weighted by Crippen LogP contribution is -2.32. The molecule has 0 aliphatic heterocycles. The van der Waals surface area contributed by atoms with Gasteiger partial charge in [0, 0.05) is 11.8 Å². The number of carbonyl (C=O) groups excluding carboxylic acids is 1. The molecule has 1 aromatic carbocycles. The first-order valence-electron chi connectivity index (χ1n) is 6.53. The Morgan fingerprint density at radius 1 is 1.25 bits per heavy atom. The van der Waals surface area contributed by atoms with Gasteiger partial charge in [-0.2, -0.15) is 0 Å². The van der Waals surface area contributed by atoms with Crippen LogP contribution in [0.3, 0.4) is 0 Å². The van der Waals surface area contributed by atoms with Gasteiger partial charge in [-0.05, 0) is 44.9 Å². The summed E-state index contributed by atoms with van der Waals surface area (Å²) in [6.07, 6.45) is 0. The first-order valence-corrected chi connectivity index (χ1v) is 6.53. The summed E-state index contributed by atoms with van der Waals surface area (Å²) < 4.78 is 4.91. The van der Waals surface area contributed by atoms with Crippen molar-refractivity contribution in [3.8, 4) is 0 Å². The van der Waals surface area contributed by atoms with Crippen molar-refractivity contribution in [2.45, 2.75) is 33.7 Å². The van der Waals surface area contributed by atoms with Crippen molar-refractivity contribution in [1.82, 2.24) is 5.16 Å². The van der Waals surface area contributed by atoms with E-state index in [1.807, 2.05) is 39.0 Å². The summed E-state index contributed by atoms with van der Waals surface area (Å²) in [5, 5.41) is 9.66. The number of rotatable bonds is 4. The molecule has 20 heavy (non-hydrogen) atoms. The quantitative estimate of drug-likeness (QED) is 0.898. The molecule has 2 N–H and O–H groups in total. The minimum atomic E-state index is -0.368. The Labute approximate surface area is 118 Å². The molecular weight excluding hydrogens is 254 g/mol. The van der Waals surface area contributed by atoms with Gasteiger partial charge in [0.15, 0.2) is 5.82 Å². The van der Waals surface area contributed by atoms with Crippen molar-refractivity contribution in [3.05, 3.63) is 41.2 Å². The maximum atomic E-state index is 12.1. The van der Waals surface area contributed by atoms with E-state index in [0.29, 0.717) is 11.6 Å². The van der Waals surface area contributed by atoms with Crippen LogP contribution in [0.5, 0.6) is 0 Å². The monoisotopic (exact) mass is 273 g/mol. The fraction of sp³-hybridized carbons (Fsp3) is 0.333. The highest BCUT2D eigenvalue weighted by Gasteiger charge is 2.15. The Morgan fingerprint density at radius 2 is 2.00 bits per heavy atom. The fourth-order valence-electron chi connectivity index (χ4n) is 1.85. The zero-order valence-corrected chi connectivity index (χ0v) is 12.2. The zero-order valence-electron chi connectivity index (χ0n) is 12.2. The summed E-state index contributed by atoms with van der Waals surface area (Å²) in [5.41, 5.74) is 3.22. The van der Waals surface area contributed by atoms with Gasteiger partial charge in [0.25, 0.3) is 0 Å². The van der Waals surface area contributed by atoms with Gasteiger partial charge in [0.05, 0.1) is 0 Å². The molecule has 0 bridgehead atoms. The minimum absolute atomic E-state index is 0.154. The number of hydrogen-bond donors (Lipinski definition) is 2. The molecule has 0 aliphatic carbocycles. The molecule has 0 saturated heterocycles. The van der Waals surface area contributed by atoms with Crippen LogP contribution in [0.4, 0.5) is 11.5 Å². The number of nitrogens with zero attached hydrogens (tertiary/aromatic N) is 1. The van der Waals surface area contributed by atoms with Crippen molar-refractivity contribution in [1.29, 1.82) is 0 Å². The van der Waals surface area contributed by atoms with E-state index >= 15 is 0 Å². The number of carbonyl (C=O) groups is 1. The van der Waals surface area contributed by atoms with Crippen LogP contribution in [0.15, 0.2) is 28.8 Å². The molecule has 0 spiro atoms. The molecule has 0 unspecified atom stereocenters. The SMILES string of the molecule is Cc1ccc(C)c(N[C@H](C)C(=O)Nc2cc(C)on2)c1. The van der Waals surface area contributed by atoms with E-state index in [0.717, 1.165) is 16.8 Å². The predicted molar refractivity (Wildman–Crippen MR) is 78.9 cm³/mol. The Morgan fingerprint density at radius 3 is 2.65 bits per heavy atom. The van der Waals surface area contributed by atoms with Crippen LogP contribution in [0, 0.1) is 20.8 Å². The highest BCUT2D eigenvalue weighted by atomic mass is 16.5. The molecule has 106 valence electrons. The number of hydrogen-bond acceptors (Lipinski definition) is 4. The summed E-state index contributed by atoms with van der Waals surface area (Å²) in [6.45, 7) is 7.62. The lowest BCUT2D eigenvalue weighted by Gasteiger charge is -2.16. The highest BCUT2D eigenvalue weighted by molar-refractivity contribution is 5.95. The van der Waals surface area contributed by atoms with E-state index in [1.54, 1.807) is 13.0 Å². The second-order valence-corrected chi connectivity index (χ2v) is 5.00. The maximum absolute atomic E-state index is 12.1. The van der Waals surface area contributed by atoms with Crippen LogP contribution in [-0.2, 0) is 4.79 Å². The molecule has 0 fully saturated rings. The Balaban J connectivity index is 2.02. The number of nitrogens with one attached hydrogen (secondary N) is 2. The summed E-state index contributed by atoms with van der Waals surface area (Å²) in [5.74, 6) is 0.941. The molecule has 2 aromatic rings.